The maximum absolute atomic E-state index is 12.3. The molecule has 0 saturated heterocycles. The third-order valence-corrected chi connectivity index (χ3v) is 9.21. The first-order chi connectivity index (χ1) is 19.9. The lowest BCUT2D eigenvalue weighted by molar-refractivity contribution is -0.141. The fraction of sp³-hybridized carbons (Fsp3) is 0.0909. The van der Waals surface area contributed by atoms with E-state index >= 15 is 0 Å². The second kappa shape index (κ2) is 13.2. The zero-order valence-electron chi connectivity index (χ0n) is 21.0. The molecule has 4 rings (SSSR count). The van der Waals surface area contributed by atoms with Gasteiger partial charge in [-0.1, -0.05) is 23.2 Å². The van der Waals surface area contributed by atoms with Crippen LogP contribution in [0, 0.1) is 0 Å². The quantitative estimate of drug-likeness (QED) is 0.194. The van der Waals surface area contributed by atoms with Gasteiger partial charge < -0.3 is 14.9 Å². The fourth-order valence-electron chi connectivity index (χ4n) is 2.82. The lowest BCUT2D eigenvalue weighted by Gasteiger charge is -2.09. The molecule has 230 valence electrons. The summed E-state index contributed by atoms with van der Waals surface area (Å²) in [5.74, 6) is -2.36. The van der Waals surface area contributed by atoms with E-state index in [1.165, 1.54) is 24.4 Å². The summed E-state index contributed by atoms with van der Waals surface area (Å²) in [7, 11) is -7.11. The Morgan fingerprint density at radius 3 is 2.09 bits per heavy atom. The number of carbonyl (C=O) groups excluding carboxylic acids is 1. The number of nitrogens with one attached hydrogen (secondary N) is 2. The highest BCUT2D eigenvalue weighted by atomic mass is 35.5. The fourth-order valence-corrected chi connectivity index (χ4v) is 6.96. The van der Waals surface area contributed by atoms with Gasteiger partial charge in [0.15, 0.2) is 23.1 Å². The van der Waals surface area contributed by atoms with E-state index in [0.29, 0.717) is 12.3 Å². The molecule has 0 unspecified atom stereocenters. The number of rotatable bonds is 7. The van der Waals surface area contributed by atoms with Crippen LogP contribution in [0.5, 0.6) is 11.5 Å². The summed E-state index contributed by atoms with van der Waals surface area (Å²) >= 11 is 12.4. The number of halogens is 5. The number of esters is 1. The van der Waals surface area contributed by atoms with Gasteiger partial charge in [0.2, 0.25) is 0 Å². The molecule has 4 N–H and O–H groups in total. The van der Waals surface area contributed by atoms with Crippen molar-refractivity contribution >= 4 is 72.2 Å². The predicted octanol–water partition coefficient (Wildman–Crippen LogP) is 4.74. The Labute approximate surface area is 255 Å². The van der Waals surface area contributed by atoms with E-state index in [2.05, 4.69) is 24.4 Å². The minimum Gasteiger partial charge on any atom is -0.504 e. The molecular weight excluding hydrogens is 686 g/mol. The van der Waals surface area contributed by atoms with Gasteiger partial charge in [-0.3, -0.25) is 14.4 Å². The molecule has 4 heterocycles. The van der Waals surface area contributed by atoms with E-state index in [-0.39, 0.29) is 30.8 Å². The van der Waals surface area contributed by atoms with E-state index in [1.54, 1.807) is 0 Å². The molecular formula is C22H16Cl2F3N5O8S3. The van der Waals surface area contributed by atoms with Gasteiger partial charge in [0.25, 0.3) is 20.0 Å². The van der Waals surface area contributed by atoms with Gasteiger partial charge in [-0.2, -0.15) is 13.2 Å². The van der Waals surface area contributed by atoms with E-state index in [1.807, 2.05) is 4.72 Å². The third kappa shape index (κ3) is 8.57. The molecule has 0 aromatic carbocycles. The normalized spacial score (nSPS) is 11.7. The van der Waals surface area contributed by atoms with Gasteiger partial charge in [-0.15, -0.1) is 11.3 Å². The number of sulfonamides is 2. The van der Waals surface area contributed by atoms with E-state index in [4.69, 9.17) is 23.2 Å². The number of hydrogen-bond acceptors (Lipinski definition) is 12. The Morgan fingerprint density at radius 2 is 1.58 bits per heavy atom. The average molecular weight is 702 g/mol. The number of carbonyl (C=O) groups is 1. The Kier molecular flexibility index (Phi) is 10.3. The number of aromatic nitrogens is 3. The second-order valence-corrected chi connectivity index (χ2v) is 13.3. The molecule has 0 aliphatic heterocycles. The van der Waals surface area contributed by atoms with Crippen LogP contribution < -0.4 is 9.44 Å². The lowest BCUT2D eigenvalue weighted by atomic mass is 10.3. The smallest absolute Gasteiger partial charge is 0.433 e. The number of pyridine rings is 3. The van der Waals surface area contributed by atoms with Gasteiger partial charge in [0.1, 0.15) is 19.8 Å². The van der Waals surface area contributed by atoms with Crippen LogP contribution in [-0.2, 0) is 31.0 Å². The zero-order valence-corrected chi connectivity index (χ0v) is 25.0. The molecule has 0 fully saturated rings. The number of ether oxygens (including phenoxy) is 1. The predicted molar refractivity (Wildman–Crippen MR) is 148 cm³/mol. The highest BCUT2D eigenvalue weighted by molar-refractivity contribution is 7.93. The number of thiophene rings is 1. The van der Waals surface area contributed by atoms with Gasteiger partial charge in [-0.25, -0.2) is 31.6 Å². The van der Waals surface area contributed by atoms with E-state index < -0.39 is 54.3 Å². The first kappa shape index (κ1) is 33.6. The number of anilines is 2. The first-order valence-electron chi connectivity index (χ1n) is 10.9. The van der Waals surface area contributed by atoms with Gasteiger partial charge in [0, 0.05) is 18.6 Å². The third-order valence-electron chi connectivity index (χ3n) is 4.79. The van der Waals surface area contributed by atoms with E-state index in [9.17, 15) is 45.0 Å². The van der Waals surface area contributed by atoms with Crippen molar-refractivity contribution in [1.82, 2.24) is 15.0 Å². The van der Waals surface area contributed by atoms with Crippen LogP contribution in [0.1, 0.15) is 16.1 Å². The molecule has 4 aromatic rings. The molecule has 0 aliphatic carbocycles. The monoisotopic (exact) mass is 701 g/mol. The van der Waals surface area contributed by atoms with Crippen LogP contribution in [0.2, 0.25) is 8.67 Å². The van der Waals surface area contributed by atoms with Crippen molar-refractivity contribution in [2.45, 2.75) is 16.0 Å². The number of hydrogen-bond donors (Lipinski definition) is 4. The summed E-state index contributed by atoms with van der Waals surface area (Å²) in [6.07, 6.45) is -1.78. The Balaban J connectivity index is 0.000000236. The van der Waals surface area contributed by atoms with Crippen LogP contribution in [-0.4, -0.2) is 55.1 Å². The SMILES string of the molecule is COC(=O)c1cnc(NS(=O)(=O)c2cc(Cl)sc2Cl)c(O)c1.O=S(=O)(Nc1ncccc1O)c1ccc(C(F)(F)F)nc1. The molecule has 0 bridgehead atoms. The number of aromatic hydroxyl groups is 2. The number of methoxy groups -OCH3 is 1. The molecule has 0 amide bonds. The molecule has 0 aliphatic rings. The molecule has 21 heteroatoms. The largest absolute Gasteiger partial charge is 0.504 e. The van der Waals surface area contributed by atoms with E-state index in [0.717, 1.165) is 36.8 Å². The van der Waals surface area contributed by atoms with Crippen LogP contribution in [0.15, 0.2) is 64.8 Å². The van der Waals surface area contributed by atoms with Crippen LogP contribution in [0.25, 0.3) is 0 Å². The molecule has 43 heavy (non-hydrogen) atoms. The van der Waals surface area contributed by atoms with Crippen molar-refractivity contribution < 1.29 is 49.8 Å². The second-order valence-electron chi connectivity index (χ2n) is 7.73. The molecule has 0 saturated carbocycles. The first-order valence-corrected chi connectivity index (χ1v) is 15.4. The number of alkyl halides is 3. The lowest BCUT2D eigenvalue weighted by Crippen LogP contribution is -2.15. The average Bonchev–Trinajstić information content (AvgIpc) is 3.29. The van der Waals surface area contributed by atoms with Crippen molar-refractivity contribution in [2.75, 3.05) is 16.6 Å². The maximum atomic E-state index is 12.3. The standard InChI is InChI=1S/C11H8Cl2N2O5S2.C11H8F3N3O3S/c1-20-11(17)5-2-6(16)10(14-4-5)15-22(18,19)7-3-8(12)21-9(7)13;12-11(13,14)9-4-3-7(6-16-9)21(19,20)17-10-8(18)2-1-5-15-10/h2-4,16H,1H3,(H,14,15);1-6,18H,(H,15,17). The minimum atomic E-state index is -4.66. The highest BCUT2D eigenvalue weighted by Crippen LogP contribution is 2.36. The van der Waals surface area contributed by atoms with Crippen LogP contribution in [0.3, 0.4) is 0 Å². The van der Waals surface area contributed by atoms with Crippen LogP contribution >= 0.6 is 34.5 Å². The maximum Gasteiger partial charge on any atom is 0.433 e. The Hall–Kier alpha value is -3.91. The van der Waals surface area contributed by atoms with Crippen molar-refractivity contribution in [1.29, 1.82) is 0 Å². The topological polar surface area (TPSA) is 198 Å². The van der Waals surface area contributed by atoms with Crippen LogP contribution in [0.4, 0.5) is 24.8 Å². The van der Waals surface area contributed by atoms with Crippen molar-refractivity contribution in [2.24, 2.45) is 0 Å². The van der Waals surface area contributed by atoms with Crippen molar-refractivity contribution in [3.05, 3.63) is 74.9 Å². The number of nitrogens with zero attached hydrogens (tertiary/aromatic N) is 3. The van der Waals surface area contributed by atoms with Gasteiger partial charge in [-0.05, 0) is 36.4 Å². The summed E-state index contributed by atoms with van der Waals surface area (Å²) in [6, 6.07) is 6.10. The summed E-state index contributed by atoms with van der Waals surface area (Å²) in [5.41, 5.74) is -1.23. The molecule has 0 radical (unpaired) electrons. The van der Waals surface area contributed by atoms with Crippen molar-refractivity contribution in [3.63, 3.8) is 0 Å². The molecule has 0 atom stereocenters. The Morgan fingerprint density at radius 1 is 0.930 bits per heavy atom. The molecule has 0 spiro atoms. The molecule has 13 nitrogen and oxygen atoms in total. The Bertz CT molecular complexity index is 1860. The summed E-state index contributed by atoms with van der Waals surface area (Å²) in [6.45, 7) is 0. The summed E-state index contributed by atoms with van der Waals surface area (Å²) in [5, 5.41) is 19.2. The highest BCUT2D eigenvalue weighted by Gasteiger charge is 2.32. The summed E-state index contributed by atoms with van der Waals surface area (Å²) < 4.78 is 93.9. The van der Waals surface area contributed by atoms with Gasteiger partial charge >= 0.3 is 12.1 Å². The van der Waals surface area contributed by atoms with Gasteiger partial charge in [0.05, 0.1) is 17.0 Å². The van der Waals surface area contributed by atoms with Crippen molar-refractivity contribution in [3.8, 4) is 11.5 Å². The minimum absolute atomic E-state index is 0.0248. The zero-order chi connectivity index (χ0) is 32.2. The summed E-state index contributed by atoms with van der Waals surface area (Å²) in [4.78, 5) is 20.9. The molecule has 4 aromatic heterocycles.